The molecule has 1 N–H and O–H groups in total. The van der Waals surface area contributed by atoms with Crippen molar-refractivity contribution in [2.45, 2.75) is 13.3 Å². The van der Waals surface area contributed by atoms with Gasteiger partial charge in [0.05, 0.1) is 0 Å². The molecule has 1 aliphatic rings. The molecule has 0 unspecified atom stereocenters. The van der Waals surface area contributed by atoms with Crippen LogP contribution in [0.1, 0.15) is 13.3 Å². The smallest absolute Gasteiger partial charge is 0.0178 e. The molecule has 0 aromatic heterocycles. The Morgan fingerprint density at radius 1 is 1.62 bits per heavy atom. The molecule has 1 heterocycles. The van der Waals surface area contributed by atoms with E-state index in [9.17, 15) is 0 Å². The summed E-state index contributed by atoms with van der Waals surface area (Å²) in [6.07, 6.45) is 7.50. The maximum absolute atomic E-state index is 3.24. The second kappa shape index (κ2) is 2.55. The molecule has 0 aliphatic carbocycles. The zero-order valence-corrected chi connectivity index (χ0v) is 5.15. The predicted molar refractivity (Wildman–Crippen MR) is 35.5 cm³/mol. The first kappa shape index (κ1) is 5.42. The molecule has 0 spiro atoms. The number of hydrogen-bond acceptors (Lipinski definition) is 1. The van der Waals surface area contributed by atoms with Gasteiger partial charge in [-0.15, -0.1) is 0 Å². The maximum Gasteiger partial charge on any atom is 0.0178 e. The van der Waals surface area contributed by atoms with Crippen molar-refractivity contribution in [3.63, 3.8) is 0 Å². The van der Waals surface area contributed by atoms with Crippen molar-refractivity contribution in [1.29, 1.82) is 0 Å². The molecule has 0 fully saturated rings. The van der Waals surface area contributed by atoms with E-state index < -0.39 is 0 Å². The van der Waals surface area contributed by atoms with Crippen LogP contribution in [0.25, 0.3) is 0 Å². The van der Waals surface area contributed by atoms with Crippen LogP contribution >= 0.6 is 0 Å². The molecule has 0 radical (unpaired) electrons. The molecular formula is C7H11N. The quantitative estimate of drug-likeness (QED) is 0.496. The van der Waals surface area contributed by atoms with Crippen molar-refractivity contribution < 1.29 is 0 Å². The lowest BCUT2D eigenvalue weighted by Gasteiger charge is -1.98. The molecular weight excluding hydrogens is 98.1 g/mol. The van der Waals surface area contributed by atoms with Crippen molar-refractivity contribution in [2.24, 2.45) is 0 Å². The maximum atomic E-state index is 3.24. The molecule has 44 valence electrons. The zero-order chi connectivity index (χ0) is 5.82. The molecule has 0 saturated carbocycles. The summed E-state index contributed by atoms with van der Waals surface area (Å²) in [6.45, 7) is 3.16. The third-order valence-corrected chi connectivity index (χ3v) is 1.20. The van der Waals surface area contributed by atoms with Gasteiger partial charge in [-0.25, -0.2) is 0 Å². The molecule has 0 amide bonds. The van der Waals surface area contributed by atoms with E-state index >= 15 is 0 Å². The third-order valence-electron chi connectivity index (χ3n) is 1.20. The molecule has 0 bridgehead atoms. The zero-order valence-electron chi connectivity index (χ0n) is 5.15. The van der Waals surface area contributed by atoms with E-state index in [0.29, 0.717) is 0 Å². The second-order valence-corrected chi connectivity index (χ2v) is 1.99. The average molecular weight is 109 g/mol. The van der Waals surface area contributed by atoms with Crippen LogP contribution in [0.15, 0.2) is 23.9 Å². The minimum absolute atomic E-state index is 1.08. The highest BCUT2D eigenvalue weighted by Gasteiger charge is 1.87. The minimum atomic E-state index is 1.08. The summed E-state index contributed by atoms with van der Waals surface area (Å²) < 4.78 is 0. The second-order valence-electron chi connectivity index (χ2n) is 1.99. The largest absolute Gasteiger partial charge is 0.388 e. The monoisotopic (exact) mass is 109 g/mol. The summed E-state index contributed by atoms with van der Waals surface area (Å²) in [5.41, 5.74) is 1.26. The first-order chi connectivity index (χ1) is 3.89. The Labute approximate surface area is 50.1 Å². The van der Waals surface area contributed by atoms with Crippen LogP contribution in [0.4, 0.5) is 0 Å². The van der Waals surface area contributed by atoms with Gasteiger partial charge in [0, 0.05) is 12.2 Å². The van der Waals surface area contributed by atoms with Crippen LogP contribution in [0.5, 0.6) is 0 Å². The van der Waals surface area contributed by atoms with Crippen molar-refractivity contribution in [3.05, 3.63) is 23.9 Å². The highest BCUT2D eigenvalue weighted by Crippen LogP contribution is 1.94. The Balaban J connectivity index is 2.52. The fraction of sp³-hybridized carbons (Fsp3) is 0.429. The lowest BCUT2D eigenvalue weighted by Crippen LogP contribution is -2.09. The molecule has 1 aliphatic heterocycles. The Morgan fingerprint density at radius 3 is 3.38 bits per heavy atom. The van der Waals surface area contributed by atoms with Gasteiger partial charge in [0.2, 0.25) is 0 Å². The molecule has 1 nitrogen and oxygen atoms in total. The summed E-state index contributed by atoms with van der Waals surface area (Å²) in [6, 6.07) is 0. The van der Waals surface area contributed by atoms with Gasteiger partial charge in [-0.05, 0) is 19.4 Å². The van der Waals surface area contributed by atoms with E-state index in [1.807, 2.05) is 0 Å². The van der Waals surface area contributed by atoms with Gasteiger partial charge in [-0.3, -0.25) is 0 Å². The molecule has 0 aromatic rings. The van der Waals surface area contributed by atoms with Crippen LogP contribution < -0.4 is 5.32 Å². The van der Waals surface area contributed by atoms with Gasteiger partial charge in [0.25, 0.3) is 0 Å². The molecule has 0 atom stereocenters. The van der Waals surface area contributed by atoms with Crippen molar-refractivity contribution >= 4 is 0 Å². The lowest BCUT2D eigenvalue weighted by atomic mass is 10.4. The highest BCUT2D eigenvalue weighted by molar-refractivity contribution is 5.11. The van der Waals surface area contributed by atoms with Crippen LogP contribution in [0, 0.1) is 0 Å². The van der Waals surface area contributed by atoms with E-state index in [1.165, 1.54) is 5.70 Å². The van der Waals surface area contributed by atoms with Crippen LogP contribution in [0.2, 0.25) is 0 Å². The van der Waals surface area contributed by atoms with Crippen molar-refractivity contribution in [1.82, 2.24) is 5.32 Å². The van der Waals surface area contributed by atoms with Gasteiger partial charge in [-0.1, -0.05) is 12.2 Å². The Hall–Kier alpha value is -0.720. The summed E-state index contributed by atoms with van der Waals surface area (Å²) in [7, 11) is 0. The van der Waals surface area contributed by atoms with Gasteiger partial charge in [0.1, 0.15) is 0 Å². The van der Waals surface area contributed by atoms with Gasteiger partial charge in [0.15, 0.2) is 0 Å². The SMILES string of the molecule is CC1=CC=CCCN1. The fourth-order valence-corrected chi connectivity index (χ4v) is 0.720. The Kier molecular flexibility index (Phi) is 1.73. The van der Waals surface area contributed by atoms with Crippen LogP contribution in [-0.2, 0) is 0 Å². The van der Waals surface area contributed by atoms with Gasteiger partial charge in [-0.2, -0.15) is 0 Å². The lowest BCUT2D eigenvalue weighted by molar-refractivity contribution is 0.811. The number of nitrogens with one attached hydrogen (secondary N) is 1. The van der Waals surface area contributed by atoms with Gasteiger partial charge < -0.3 is 5.32 Å². The molecule has 8 heavy (non-hydrogen) atoms. The fourth-order valence-electron chi connectivity index (χ4n) is 0.720. The topological polar surface area (TPSA) is 12.0 Å². The first-order valence-electron chi connectivity index (χ1n) is 2.97. The normalized spacial score (nSPS) is 18.9. The highest BCUT2D eigenvalue weighted by atomic mass is 14.9. The Bertz CT molecular complexity index is 122. The molecule has 1 heteroatoms. The first-order valence-corrected chi connectivity index (χ1v) is 2.97. The van der Waals surface area contributed by atoms with E-state index in [2.05, 4.69) is 30.5 Å². The van der Waals surface area contributed by atoms with E-state index in [1.54, 1.807) is 0 Å². The molecule has 1 rings (SSSR count). The average Bonchev–Trinajstić information content (AvgIpc) is 1.94. The summed E-state index contributed by atoms with van der Waals surface area (Å²) >= 11 is 0. The molecule has 0 aromatic carbocycles. The number of rotatable bonds is 0. The summed E-state index contributed by atoms with van der Waals surface area (Å²) in [4.78, 5) is 0. The summed E-state index contributed by atoms with van der Waals surface area (Å²) in [5, 5.41) is 3.24. The predicted octanol–water partition coefficient (Wildman–Crippen LogP) is 1.44. The summed E-state index contributed by atoms with van der Waals surface area (Å²) in [5.74, 6) is 0. The van der Waals surface area contributed by atoms with Crippen LogP contribution in [-0.4, -0.2) is 6.54 Å². The van der Waals surface area contributed by atoms with Crippen molar-refractivity contribution in [2.75, 3.05) is 6.54 Å². The molecule has 0 saturated heterocycles. The van der Waals surface area contributed by atoms with Crippen molar-refractivity contribution in [3.8, 4) is 0 Å². The van der Waals surface area contributed by atoms with Gasteiger partial charge >= 0.3 is 0 Å². The standard InChI is InChI=1S/C7H11N/c1-7-5-3-2-4-6-8-7/h2-3,5,8H,4,6H2,1H3. The van der Waals surface area contributed by atoms with E-state index in [0.717, 1.165) is 13.0 Å². The number of hydrogen-bond donors (Lipinski definition) is 1. The minimum Gasteiger partial charge on any atom is -0.388 e. The number of allylic oxidation sites excluding steroid dienone is 3. The Morgan fingerprint density at radius 2 is 2.50 bits per heavy atom. The van der Waals surface area contributed by atoms with E-state index in [4.69, 9.17) is 0 Å². The third kappa shape index (κ3) is 1.41. The van der Waals surface area contributed by atoms with Crippen LogP contribution in [0.3, 0.4) is 0 Å². The van der Waals surface area contributed by atoms with E-state index in [-0.39, 0.29) is 0 Å².